The van der Waals surface area contributed by atoms with Gasteiger partial charge in [0.15, 0.2) is 9.84 Å². The maximum atomic E-state index is 13.2. The zero-order chi connectivity index (χ0) is 11.6. The van der Waals surface area contributed by atoms with Crippen molar-refractivity contribution >= 4 is 15.8 Å². The molecule has 1 rings (SSSR count). The molecule has 1 aromatic carbocycles. The summed E-state index contributed by atoms with van der Waals surface area (Å²) in [5.41, 5.74) is -0.0370. The van der Waals surface area contributed by atoms with E-state index in [0.29, 0.717) is 0 Å². The predicted octanol–water partition coefficient (Wildman–Crippen LogP) is 0.856. The van der Waals surface area contributed by atoms with E-state index in [1.54, 1.807) is 0 Å². The molecular weight excluding hydrogens is 223 g/mol. The van der Waals surface area contributed by atoms with Crippen molar-refractivity contribution in [2.45, 2.75) is 11.3 Å². The van der Waals surface area contributed by atoms with Crippen LogP contribution < -0.4 is 0 Å². The van der Waals surface area contributed by atoms with Gasteiger partial charge in [-0.05, 0) is 11.6 Å². The van der Waals surface area contributed by atoms with Gasteiger partial charge >= 0.3 is 5.97 Å². The number of benzene rings is 1. The molecule has 0 unspecified atom stereocenters. The standard InChI is InChI=1S/C9H9FO4S/c1-15(13,14)9-6(5-8(11)12)3-2-4-7(9)10/h2-4H,5H2,1H3,(H,11,12). The molecule has 0 saturated carbocycles. The van der Waals surface area contributed by atoms with Gasteiger partial charge in [0.25, 0.3) is 0 Å². The van der Waals surface area contributed by atoms with Gasteiger partial charge in [0.1, 0.15) is 10.7 Å². The normalized spacial score (nSPS) is 11.3. The lowest BCUT2D eigenvalue weighted by Gasteiger charge is -2.06. The molecule has 0 aromatic heterocycles. The summed E-state index contributed by atoms with van der Waals surface area (Å²) in [4.78, 5) is 9.91. The summed E-state index contributed by atoms with van der Waals surface area (Å²) in [5.74, 6) is -2.12. The fraction of sp³-hybridized carbons (Fsp3) is 0.222. The molecule has 0 fully saturated rings. The third-order valence-electron chi connectivity index (χ3n) is 1.76. The van der Waals surface area contributed by atoms with Crippen LogP contribution in [0.5, 0.6) is 0 Å². The van der Waals surface area contributed by atoms with Gasteiger partial charge in [-0.3, -0.25) is 4.79 Å². The molecule has 0 radical (unpaired) electrons. The Balaban J connectivity index is 3.40. The first-order valence-corrected chi connectivity index (χ1v) is 5.90. The van der Waals surface area contributed by atoms with Gasteiger partial charge in [-0.15, -0.1) is 0 Å². The van der Waals surface area contributed by atoms with Crippen molar-refractivity contribution in [1.29, 1.82) is 0 Å². The quantitative estimate of drug-likeness (QED) is 0.838. The third kappa shape index (κ3) is 2.76. The van der Waals surface area contributed by atoms with E-state index in [4.69, 9.17) is 5.11 Å². The van der Waals surface area contributed by atoms with Crippen molar-refractivity contribution in [3.8, 4) is 0 Å². The van der Waals surface area contributed by atoms with Crippen LogP contribution in [0.25, 0.3) is 0 Å². The second kappa shape index (κ2) is 3.98. The fourth-order valence-corrected chi connectivity index (χ4v) is 2.31. The second-order valence-corrected chi connectivity index (χ2v) is 5.02. The Kier molecular flexibility index (Phi) is 3.09. The summed E-state index contributed by atoms with van der Waals surface area (Å²) in [6.07, 6.45) is 0.330. The maximum absolute atomic E-state index is 13.2. The van der Waals surface area contributed by atoms with Gasteiger partial charge in [0, 0.05) is 6.26 Å². The van der Waals surface area contributed by atoms with Crippen LogP contribution in [0.4, 0.5) is 4.39 Å². The topological polar surface area (TPSA) is 71.4 Å². The summed E-state index contributed by atoms with van der Waals surface area (Å²) in [5, 5.41) is 8.53. The van der Waals surface area contributed by atoms with Gasteiger partial charge in [0.2, 0.25) is 0 Å². The van der Waals surface area contributed by atoms with E-state index < -0.39 is 32.9 Å². The van der Waals surface area contributed by atoms with E-state index in [2.05, 4.69) is 0 Å². The lowest BCUT2D eigenvalue weighted by atomic mass is 10.1. The fourth-order valence-electron chi connectivity index (χ4n) is 1.27. The van der Waals surface area contributed by atoms with Crippen molar-refractivity contribution in [2.24, 2.45) is 0 Å². The molecule has 4 nitrogen and oxygen atoms in total. The van der Waals surface area contributed by atoms with Crippen LogP contribution in [0.15, 0.2) is 23.1 Å². The molecule has 0 spiro atoms. The van der Waals surface area contributed by atoms with E-state index in [-0.39, 0.29) is 5.56 Å². The average Bonchev–Trinajstić information content (AvgIpc) is 1.99. The molecule has 0 heterocycles. The molecule has 15 heavy (non-hydrogen) atoms. The smallest absolute Gasteiger partial charge is 0.307 e. The number of sulfone groups is 1. The number of rotatable bonds is 3. The molecule has 0 amide bonds. The SMILES string of the molecule is CS(=O)(=O)c1c(F)cccc1CC(=O)O. The predicted molar refractivity (Wildman–Crippen MR) is 50.8 cm³/mol. The van der Waals surface area contributed by atoms with Crippen LogP contribution in [0.1, 0.15) is 5.56 Å². The largest absolute Gasteiger partial charge is 0.481 e. The number of hydrogen-bond acceptors (Lipinski definition) is 3. The zero-order valence-corrected chi connectivity index (χ0v) is 8.71. The number of carboxylic acids is 1. The van der Waals surface area contributed by atoms with Gasteiger partial charge in [-0.2, -0.15) is 0 Å². The van der Waals surface area contributed by atoms with Crippen LogP contribution in [-0.4, -0.2) is 25.7 Å². The second-order valence-electron chi connectivity index (χ2n) is 3.07. The summed E-state index contributed by atoms with van der Waals surface area (Å²) >= 11 is 0. The first kappa shape index (κ1) is 11.6. The van der Waals surface area contributed by atoms with E-state index in [9.17, 15) is 17.6 Å². The van der Waals surface area contributed by atoms with Crippen LogP contribution in [0.3, 0.4) is 0 Å². The van der Waals surface area contributed by atoms with Gasteiger partial charge in [-0.25, -0.2) is 12.8 Å². The van der Waals surface area contributed by atoms with Crippen LogP contribution in [0.2, 0.25) is 0 Å². The molecule has 1 aromatic rings. The summed E-state index contributed by atoms with van der Waals surface area (Å²) < 4.78 is 35.7. The number of hydrogen-bond donors (Lipinski definition) is 1. The molecule has 0 saturated heterocycles. The maximum Gasteiger partial charge on any atom is 0.307 e. The Morgan fingerprint density at radius 3 is 2.53 bits per heavy atom. The minimum atomic E-state index is -3.75. The summed E-state index contributed by atoms with van der Waals surface area (Å²) in [7, 11) is -3.75. The Morgan fingerprint density at radius 1 is 1.47 bits per heavy atom. The molecule has 1 N–H and O–H groups in total. The molecule has 0 aliphatic rings. The molecule has 6 heteroatoms. The van der Waals surface area contributed by atoms with Crippen molar-refractivity contribution in [3.63, 3.8) is 0 Å². The summed E-state index contributed by atoms with van der Waals surface area (Å²) in [6.45, 7) is 0. The Morgan fingerprint density at radius 2 is 2.07 bits per heavy atom. The van der Waals surface area contributed by atoms with Crippen LogP contribution in [-0.2, 0) is 21.1 Å². The molecular formula is C9H9FO4S. The van der Waals surface area contributed by atoms with Crippen molar-refractivity contribution < 1.29 is 22.7 Å². The first-order chi connectivity index (χ1) is 6.82. The average molecular weight is 232 g/mol. The highest BCUT2D eigenvalue weighted by Gasteiger charge is 2.19. The van der Waals surface area contributed by atoms with Crippen molar-refractivity contribution in [3.05, 3.63) is 29.6 Å². The highest BCUT2D eigenvalue weighted by molar-refractivity contribution is 7.90. The minimum absolute atomic E-state index is 0.0370. The Labute approximate surface area is 86.3 Å². The van der Waals surface area contributed by atoms with E-state index in [0.717, 1.165) is 12.3 Å². The number of carbonyl (C=O) groups is 1. The monoisotopic (exact) mass is 232 g/mol. The van der Waals surface area contributed by atoms with Gasteiger partial charge in [-0.1, -0.05) is 12.1 Å². The lowest BCUT2D eigenvalue weighted by molar-refractivity contribution is -0.136. The molecule has 0 bridgehead atoms. The Bertz CT molecular complexity index is 493. The number of carboxylic acid groups (broad SMARTS) is 1. The van der Waals surface area contributed by atoms with E-state index >= 15 is 0 Å². The molecule has 82 valence electrons. The van der Waals surface area contributed by atoms with Crippen LogP contribution in [0, 0.1) is 5.82 Å². The third-order valence-corrected chi connectivity index (χ3v) is 2.96. The van der Waals surface area contributed by atoms with E-state index in [1.165, 1.54) is 12.1 Å². The van der Waals surface area contributed by atoms with Crippen LogP contribution >= 0.6 is 0 Å². The highest BCUT2D eigenvalue weighted by atomic mass is 32.2. The van der Waals surface area contributed by atoms with E-state index in [1.807, 2.05) is 0 Å². The van der Waals surface area contributed by atoms with Crippen molar-refractivity contribution in [1.82, 2.24) is 0 Å². The number of aliphatic carboxylic acids is 1. The number of halogens is 1. The Hall–Kier alpha value is -1.43. The first-order valence-electron chi connectivity index (χ1n) is 4.01. The molecule has 0 atom stereocenters. The molecule has 0 aliphatic heterocycles. The summed E-state index contributed by atoms with van der Waals surface area (Å²) in [6, 6.07) is 3.55. The van der Waals surface area contributed by atoms with Gasteiger partial charge < -0.3 is 5.11 Å². The minimum Gasteiger partial charge on any atom is -0.481 e. The lowest BCUT2D eigenvalue weighted by Crippen LogP contribution is -2.09. The van der Waals surface area contributed by atoms with Crippen molar-refractivity contribution in [2.75, 3.05) is 6.26 Å². The zero-order valence-electron chi connectivity index (χ0n) is 7.90. The molecule has 0 aliphatic carbocycles. The van der Waals surface area contributed by atoms with Gasteiger partial charge in [0.05, 0.1) is 6.42 Å². The highest BCUT2D eigenvalue weighted by Crippen LogP contribution is 2.19.